The van der Waals surface area contributed by atoms with Crippen LogP contribution in [0.25, 0.3) is 5.57 Å². The fourth-order valence-electron chi connectivity index (χ4n) is 9.77. The molecule has 4 heteroatoms. The van der Waals surface area contributed by atoms with Crippen LogP contribution in [0.5, 0.6) is 0 Å². The molecule has 260 valence electrons. The van der Waals surface area contributed by atoms with Gasteiger partial charge in [0.25, 0.3) is 0 Å². The summed E-state index contributed by atoms with van der Waals surface area (Å²) < 4.78 is 0. The third kappa shape index (κ3) is 7.85. The molecule has 2 heterocycles. The van der Waals surface area contributed by atoms with Crippen LogP contribution in [-0.2, 0) is 0 Å². The lowest BCUT2D eigenvalue weighted by Gasteiger charge is -2.26. The molecule has 2 aromatic rings. The van der Waals surface area contributed by atoms with Crippen LogP contribution in [0.4, 0.5) is 0 Å². The number of benzene rings is 1. The number of hydrogen-bond acceptors (Lipinski definition) is 3. The zero-order valence-electron chi connectivity index (χ0n) is 30.6. The summed E-state index contributed by atoms with van der Waals surface area (Å²) in [5.74, 6) is 1.39. The van der Waals surface area contributed by atoms with Gasteiger partial charge in [-0.05, 0) is 74.3 Å². The first-order valence-electron chi connectivity index (χ1n) is 20.4. The molecular weight excluding hydrogens is 597 g/mol. The Morgan fingerprint density at radius 3 is 1.92 bits per heavy atom. The summed E-state index contributed by atoms with van der Waals surface area (Å²) >= 11 is 0. The van der Waals surface area contributed by atoms with E-state index in [1.807, 2.05) is 0 Å². The molecule has 0 saturated heterocycles. The number of rotatable bonds is 11. The Balaban J connectivity index is 1.65. The van der Waals surface area contributed by atoms with E-state index in [0.29, 0.717) is 17.8 Å². The fraction of sp³-hybridized carbons (Fsp3) is 0.622. The van der Waals surface area contributed by atoms with Crippen LogP contribution in [0.1, 0.15) is 195 Å². The Kier molecular flexibility index (Phi) is 12.7. The smallest absolute Gasteiger partial charge is 0.101 e. The van der Waals surface area contributed by atoms with Gasteiger partial charge >= 0.3 is 0 Å². The average Bonchev–Trinajstić information content (AvgIpc) is 3.40. The summed E-state index contributed by atoms with van der Waals surface area (Å²) in [6.07, 6.45) is 26.3. The standard InChI is InChI=1S/C45H60N4/c1-3-5-12-21-32(4-2)42-37(30-46)39(34-24-17-10-18-25-34)44(48-42)41(35-26-19-11-20-27-35)45-40(33-22-13-6-7-14-23-33)38(31-47)43(49-45)36-28-15-8-9-16-29-36/h11,19-20,26-27,32-34,36,49H,3-10,12-18,21-25,28-29H2,1-2H3. The first-order valence-corrected chi connectivity index (χ1v) is 20.4. The van der Waals surface area contributed by atoms with Gasteiger partial charge in [0.2, 0.25) is 0 Å². The summed E-state index contributed by atoms with van der Waals surface area (Å²) in [6.45, 7) is 4.55. The molecule has 1 unspecified atom stereocenters. The van der Waals surface area contributed by atoms with E-state index < -0.39 is 0 Å². The quantitative estimate of drug-likeness (QED) is 0.193. The van der Waals surface area contributed by atoms with Crippen molar-refractivity contribution in [3.63, 3.8) is 0 Å². The van der Waals surface area contributed by atoms with Crippen molar-refractivity contribution in [3.05, 3.63) is 75.3 Å². The van der Waals surface area contributed by atoms with Gasteiger partial charge in [0.15, 0.2) is 0 Å². The maximum absolute atomic E-state index is 11.1. The SMILES string of the molecule is CCCCCC(CC)C1=NC(=C(c2ccccc2)c2[nH]c(C3CCCCCC3)c(C#N)c2C2CCCCCC2)C(C2CCCCC2)=C1C#N. The summed E-state index contributed by atoms with van der Waals surface area (Å²) in [7, 11) is 0. The number of allylic oxidation sites excluding steroid dienone is 2. The normalized spacial score (nSPS) is 21.8. The molecule has 1 atom stereocenters. The van der Waals surface area contributed by atoms with Gasteiger partial charge in [0.1, 0.15) is 12.1 Å². The van der Waals surface area contributed by atoms with Gasteiger partial charge in [-0.15, -0.1) is 0 Å². The van der Waals surface area contributed by atoms with E-state index in [-0.39, 0.29) is 5.92 Å². The molecule has 6 rings (SSSR count). The molecule has 49 heavy (non-hydrogen) atoms. The number of H-pyrrole nitrogens is 1. The fourth-order valence-corrected chi connectivity index (χ4v) is 9.77. The van der Waals surface area contributed by atoms with Crippen LogP contribution in [0, 0.1) is 34.5 Å². The van der Waals surface area contributed by atoms with Crippen LogP contribution >= 0.6 is 0 Å². The van der Waals surface area contributed by atoms with Crippen molar-refractivity contribution in [2.75, 3.05) is 0 Å². The molecule has 4 aliphatic rings. The van der Waals surface area contributed by atoms with Gasteiger partial charge in [0, 0.05) is 28.7 Å². The lowest BCUT2D eigenvalue weighted by molar-refractivity contribution is 0.405. The first kappa shape index (κ1) is 35.5. The number of aromatic nitrogens is 1. The Morgan fingerprint density at radius 2 is 1.35 bits per heavy atom. The Bertz CT molecular complexity index is 1570. The highest BCUT2D eigenvalue weighted by Gasteiger charge is 2.38. The third-order valence-corrected chi connectivity index (χ3v) is 12.4. The molecular formula is C45H60N4. The van der Waals surface area contributed by atoms with E-state index in [4.69, 9.17) is 4.99 Å². The lowest BCUT2D eigenvalue weighted by Crippen LogP contribution is -2.16. The number of aliphatic imine (C=N–C) groups is 1. The zero-order valence-corrected chi connectivity index (χ0v) is 30.6. The predicted molar refractivity (Wildman–Crippen MR) is 203 cm³/mol. The Labute approximate surface area is 297 Å². The van der Waals surface area contributed by atoms with Gasteiger partial charge in [-0.2, -0.15) is 10.5 Å². The van der Waals surface area contributed by atoms with Gasteiger partial charge in [-0.3, -0.25) is 4.99 Å². The predicted octanol–water partition coefficient (Wildman–Crippen LogP) is 13.0. The van der Waals surface area contributed by atoms with Gasteiger partial charge in [-0.1, -0.05) is 134 Å². The second kappa shape index (κ2) is 17.5. The molecule has 1 aromatic heterocycles. The van der Waals surface area contributed by atoms with Gasteiger partial charge in [-0.25, -0.2) is 0 Å². The van der Waals surface area contributed by atoms with Crippen molar-refractivity contribution >= 4 is 11.3 Å². The minimum atomic E-state index is 0.288. The van der Waals surface area contributed by atoms with E-state index in [0.717, 1.165) is 90.7 Å². The molecule has 1 aromatic carbocycles. The molecule has 0 radical (unpaired) electrons. The van der Waals surface area contributed by atoms with Gasteiger partial charge < -0.3 is 4.98 Å². The number of aromatic amines is 1. The molecule has 3 saturated carbocycles. The first-order chi connectivity index (χ1) is 24.2. The Hall–Kier alpha value is -3.37. The van der Waals surface area contributed by atoms with Crippen molar-refractivity contribution in [1.82, 2.24) is 4.98 Å². The topological polar surface area (TPSA) is 75.7 Å². The van der Waals surface area contributed by atoms with Crippen molar-refractivity contribution < 1.29 is 0 Å². The van der Waals surface area contributed by atoms with Crippen LogP contribution in [0.2, 0.25) is 0 Å². The van der Waals surface area contributed by atoms with E-state index in [2.05, 4.69) is 61.3 Å². The highest BCUT2D eigenvalue weighted by atomic mass is 14.8. The minimum absolute atomic E-state index is 0.288. The number of hydrogen-bond donors (Lipinski definition) is 1. The Morgan fingerprint density at radius 1 is 0.755 bits per heavy atom. The van der Waals surface area contributed by atoms with Crippen LogP contribution in [-0.4, -0.2) is 10.7 Å². The third-order valence-electron chi connectivity index (χ3n) is 12.4. The highest BCUT2D eigenvalue weighted by Crippen LogP contribution is 2.49. The van der Waals surface area contributed by atoms with Crippen molar-refractivity contribution in [3.8, 4) is 12.1 Å². The van der Waals surface area contributed by atoms with Crippen molar-refractivity contribution in [1.29, 1.82) is 10.5 Å². The van der Waals surface area contributed by atoms with Crippen LogP contribution in [0.15, 0.2) is 52.2 Å². The monoisotopic (exact) mass is 656 g/mol. The lowest BCUT2D eigenvalue weighted by atomic mass is 9.77. The average molecular weight is 657 g/mol. The van der Waals surface area contributed by atoms with Crippen molar-refractivity contribution in [2.45, 2.75) is 167 Å². The number of nitrogens with one attached hydrogen (secondary N) is 1. The molecule has 4 nitrogen and oxygen atoms in total. The number of nitrogens with zero attached hydrogens (tertiary/aromatic N) is 3. The zero-order chi connectivity index (χ0) is 34.0. The molecule has 1 aliphatic heterocycles. The second-order valence-electron chi connectivity index (χ2n) is 15.6. The van der Waals surface area contributed by atoms with E-state index >= 15 is 0 Å². The summed E-state index contributed by atoms with van der Waals surface area (Å²) in [5, 5.41) is 22.1. The van der Waals surface area contributed by atoms with Crippen LogP contribution < -0.4 is 0 Å². The molecule has 0 spiro atoms. The number of nitriles is 2. The largest absolute Gasteiger partial charge is 0.357 e. The van der Waals surface area contributed by atoms with Crippen molar-refractivity contribution in [2.24, 2.45) is 16.8 Å². The molecule has 3 aliphatic carbocycles. The highest BCUT2D eigenvalue weighted by molar-refractivity contribution is 6.11. The maximum atomic E-state index is 11.1. The minimum Gasteiger partial charge on any atom is -0.357 e. The van der Waals surface area contributed by atoms with Gasteiger partial charge in [0.05, 0.1) is 28.2 Å². The molecule has 0 amide bonds. The van der Waals surface area contributed by atoms with E-state index in [1.165, 1.54) is 107 Å². The maximum Gasteiger partial charge on any atom is 0.101 e. The summed E-state index contributed by atoms with van der Waals surface area (Å²) in [4.78, 5) is 9.79. The van der Waals surface area contributed by atoms with E-state index in [9.17, 15) is 10.5 Å². The molecule has 0 bridgehead atoms. The summed E-state index contributed by atoms with van der Waals surface area (Å²) in [5.41, 5.74) is 11.0. The van der Waals surface area contributed by atoms with Crippen LogP contribution in [0.3, 0.4) is 0 Å². The second-order valence-corrected chi connectivity index (χ2v) is 15.6. The molecule has 3 fully saturated rings. The number of unbranched alkanes of at least 4 members (excludes halogenated alkanes) is 2. The summed E-state index contributed by atoms with van der Waals surface area (Å²) in [6, 6.07) is 16.5. The molecule has 1 N–H and O–H groups in total. The van der Waals surface area contributed by atoms with E-state index in [1.54, 1.807) is 0 Å².